The molecule has 1 aliphatic heterocycles. The molecule has 116 valence electrons. The van der Waals surface area contributed by atoms with Crippen LogP contribution in [0, 0.1) is 0 Å². The summed E-state index contributed by atoms with van der Waals surface area (Å²) in [5, 5.41) is 12.9. The second-order valence-electron chi connectivity index (χ2n) is 6.28. The lowest BCUT2D eigenvalue weighted by Crippen LogP contribution is -2.47. The standard InChI is InChI=1S/C15H23N3O3/c1-15(2,3)21-14(20)18-9-5-6-11(10-18)17-13-12(19)7-4-8-16-13/h4,7-8,11,19H,5-6,9-10H2,1-3H3,(H,16,17)/t11-/m1/s1. The molecule has 0 radical (unpaired) electrons. The van der Waals surface area contributed by atoms with Gasteiger partial charge in [0.05, 0.1) is 0 Å². The van der Waals surface area contributed by atoms with Crippen LogP contribution in [0.2, 0.25) is 0 Å². The molecule has 0 aliphatic carbocycles. The molecule has 0 saturated carbocycles. The lowest BCUT2D eigenvalue weighted by molar-refractivity contribution is 0.0206. The molecule has 21 heavy (non-hydrogen) atoms. The Balaban J connectivity index is 1.95. The van der Waals surface area contributed by atoms with E-state index in [2.05, 4.69) is 10.3 Å². The highest BCUT2D eigenvalue weighted by Crippen LogP contribution is 2.22. The van der Waals surface area contributed by atoms with Crippen molar-refractivity contribution in [3.8, 4) is 5.75 Å². The van der Waals surface area contributed by atoms with Crippen LogP contribution in [0.3, 0.4) is 0 Å². The van der Waals surface area contributed by atoms with Crippen molar-refractivity contribution in [2.24, 2.45) is 0 Å². The van der Waals surface area contributed by atoms with Gasteiger partial charge in [-0.3, -0.25) is 0 Å². The molecule has 1 amide bonds. The van der Waals surface area contributed by atoms with Gasteiger partial charge < -0.3 is 20.1 Å². The van der Waals surface area contributed by atoms with Gasteiger partial charge in [-0.05, 0) is 45.7 Å². The molecule has 0 aromatic carbocycles. The Kier molecular flexibility index (Phi) is 4.55. The molecule has 0 unspecified atom stereocenters. The summed E-state index contributed by atoms with van der Waals surface area (Å²) >= 11 is 0. The summed E-state index contributed by atoms with van der Waals surface area (Å²) < 4.78 is 5.39. The summed E-state index contributed by atoms with van der Waals surface area (Å²) in [4.78, 5) is 17.9. The van der Waals surface area contributed by atoms with Crippen LogP contribution >= 0.6 is 0 Å². The van der Waals surface area contributed by atoms with Crippen LogP contribution in [0.5, 0.6) is 5.75 Å². The number of hydrogen-bond acceptors (Lipinski definition) is 5. The number of piperidine rings is 1. The average molecular weight is 293 g/mol. The largest absolute Gasteiger partial charge is 0.504 e. The second-order valence-corrected chi connectivity index (χ2v) is 6.28. The molecule has 1 saturated heterocycles. The van der Waals surface area contributed by atoms with Crippen LogP contribution in [0.25, 0.3) is 0 Å². The average Bonchev–Trinajstić information content (AvgIpc) is 2.40. The molecule has 1 aromatic rings. The van der Waals surface area contributed by atoms with Gasteiger partial charge >= 0.3 is 6.09 Å². The van der Waals surface area contributed by atoms with Gasteiger partial charge in [0.1, 0.15) is 5.60 Å². The Bertz CT molecular complexity index is 499. The summed E-state index contributed by atoms with van der Waals surface area (Å²) in [6.07, 6.45) is 3.15. The fraction of sp³-hybridized carbons (Fsp3) is 0.600. The normalized spacial score (nSPS) is 19.2. The van der Waals surface area contributed by atoms with E-state index in [1.165, 1.54) is 0 Å². The lowest BCUT2D eigenvalue weighted by Gasteiger charge is -2.34. The molecule has 2 rings (SSSR count). The zero-order valence-electron chi connectivity index (χ0n) is 12.8. The number of rotatable bonds is 2. The molecule has 0 bridgehead atoms. The molecule has 1 atom stereocenters. The highest BCUT2D eigenvalue weighted by molar-refractivity contribution is 5.68. The minimum atomic E-state index is -0.489. The van der Waals surface area contributed by atoms with Crippen molar-refractivity contribution >= 4 is 11.9 Å². The van der Waals surface area contributed by atoms with Crippen LogP contribution in [0.1, 0.15) is 33.6 Å². The highest BCUT2D eigenvalue weighted by Gasteiger charge is 2.27. The predicted molar refractivity (Wildman–Crippen MR) is 80.4 cm³/mol. The lowest BCUT2D eigenvalue weighted by atomic mass is 10.1. The monoisotopic (exact) mass is 293 g/mol. The number of aromatic nitrogens is 1. The van der Waals surface area contributed by atoms with Gasteiger partial charge in [0.15, 0.2) is 11.6 Å². The maximum absolute atomic E-state index is 12.1. The van der Waals surface area contributed by atoms with E-state index in [4.69, 9.17) is 4.74 Å². The first-order chi connectivity index (χ1) is 9.85. The predicted octanol–water partition coefficient (Wildman–Crippen LogP) is 2.60. The molecular formula is C15H23N3O3. The van der Waals surface area contributed by atoms with Gasteiger partial charge in [-0.15, -0.1) is 0 Å². The van der Waals surface area contributed by atoms with Crippen molar-refractivity contribution in [1.82, 2.24) is 9.88 Å². The van der Waals surface area contributed by atoms with E-state index in [1.807, 2.05) is 20.8 Å². The summed E-state index contributed by atoms with van der Waals surface area (Å²) in [7, 11) is 0. The van der Waals surface area contributed by atoms with Crippen LogP contribution in [-0.2, 0) is 4.74 Å². The number of hydrogen-bond donors (Lipinski definition) is 2. The summed E-state index contributed by atoms with van der Waals surface area (Å²) in [6, 6.07) is 3.32. The quantitative estimate of drug-likeness (QED) is 0.876. The first-order valence-corrected chi connectivity index (χ1v) is 7.23. The van der Waals surface area contributed by atoms with Gasteiger partial charge in [-0.2, -0.15) is 0 Å². The third-order valence-electron chi connectivity index (χ3n) is 3.20. The van der Waals surface area contributed by atoms with Crippen molar-refractivity contribution in [1.29, 1.82) is 0 Å². The van der Waals surface area contributed by atoms with E-state index in [9.17, 15) is 9.90 Å². The Morgan fingerprint density at radius 3 is 2.95 bits per heavy atom. The fourth-order valence-corrected chi connectivity index (χ4v) is 2.29. The Hall–Kier alpha value is -1.98. The molecule has 6 heteroatoms. The van der Waals surface area contributed by atoms with Crippen LogP contribution in [0.4, 0.5) is 10.6 Å². The zero-order chi connectivity index (χ0) is 15.5. The summed E-state index contributed by atoms with van der Waals surface area (Å²) in [5.74, 6) is 0.570. The molecule has 1 fully saturated rings. The number of pyridine rings is 1. The van der Waals surface area contributed by atoms with Crippen LogP contribution in [0.15, 0.2) is 18.3 Å². The Morgan fingerprint density at radius 1 is 1.52 bits per heavy atom. The number of nitrogens with one attached hydrogen (secondary N) is 1. The number of carbonyl (C=O) groups is 1. The van der Waals surface area contributed by atoms with Gasteiger partial charge in [-0.1, -0.05) is 0 Å². The van der Waals surface area contributed by atoms with Crippen LogP contribution < -0.4 is 5.32 Å². The van der Waals surface area contributed by atoms with E-state index in [0.717, 1.165) is 12.8 Å². The SMILES string of the molecule is CC(C)(C)OC(=O)N1CCC[C@@H](Nc2ncccc2O)C1. The highest BCUT2D eigenvalue weighted by atomic mass is 16.6. The van der Waals surface area contributed by atoms with Crippen molar-refractivity contribution in [3.63, 3.8) is 0 Å². The van der Waals surface area contributed by atoms with Crippen molar-refractivity contribution in [3.05, 3.63) is 18.3 Å². The molecule has 0 spiro atoms. The van der Waals surface area contributed by atoms with Gasteiger partial charge in [0, 0.05) is 25.3 Å². The molecule has 2 N–H and O–H groups in total. The molecular weight excluding hydrogens is 270 g/mol. The zero-order valence-corrected chi connectivity index (χ0v) is 12.8. The van der Waals surface area contributed by atoms with E-state index >= 15 is 0 Å². The number of carbonyl (C=O) groups excluding carboxylic acids is 1. The third-order valence-corrected chi connectivity index (χ3v) is 3.20. The number of nitrogens with zero attached hydrogens (tertiary/aromatic N) is 2. The van der Waals surface area contributed by atoms with Crippen molar-refractivity contribution < 1.29 is 14.6 Å². The van der Waals surface area contributed by atoms with Crippen molar-refractivity contribution in [2.45, 2.75) is 45.3 Å². The molecule has 6 nitrogen and oxygen atoms in total. The van der Waals surface area contributed by atoms with E-state index in [-0.39, 0.29) is 17.9 Å². The summed E-state index contributed by atoms with van der Waals surface area (Å²) in [6.45, 7) is 6.82. The number of amides is 1. The molecule has 1 aliphatic rings. The minimum Gasteiger partial charge on any atom is -0.504 e. The number of likely N-dealkylation sites (tertiary alicyclic amines) is 1. The van der Waals surface area contributed by atoms with E-state index in [0.29, 0.717) is 18.9 Å². The fourth-order valence-electron chi connectivity index (χ4n) is 2.29. The first-order valence-electron chi connectivity index (χ1n) is 7.23. The Labute approximate surface area is 125 Å². The topological polar surface area (TPSA) is 74.7 Å². The Morgan fingerprint density at radius 2 is 2.29 bits per heavy atom. The van der Waals surface area contributed by atoms with Gasteiger partial charge in [0.2, 0.25) is 0 Å². The van der Waals surface area contributed by atoms with Crippen molar-refractivity contribution in [2.75, 3.05) is 18.4 Å². The molecule has 2 heterocycles. The number of ether oxygens (including phenoxy) is 1. The third kappa shape index (κ3) is 4.51. The van der Waals surface area contributed by atoms with Gasteiger partial charge in [0.25, 0.3) is 0 Å². The molecule has 1 aromatic heterocycles. The van der Waals surface area contributed by atoms with Crippen LogP contribution in [-0.4, -0.2) is 45.8 Å². The second kappa shape index (κ2) is 6.20. The van der Waals surface area contributed by atoms with E-state index in [1.54, 1.807) is 23.2 Å². The van der Waals surface area contributed by atoms with Gasteiger partial charge in [-0.25, -0.2) is 9.78 Å². The number of aromatic hydroxyl groups is 1. The maximum Gasteiger partial charge on any atom is 0.410 e. The maximum atomic E-state index is 12.1. The number of anilines is 1. The smallest absolute Gasteiger partial charge is 0.410 e. The minimum absolute atomic E-state index is 0.0621. The van der Waals surface area contributed by atoms with E-state index < -0.39 is 5.60 Å². The first kappa shape index (κ1) is 15.4. The summed E-state index contributed by atoms with van der Waals surface area (Å²) in [5.41, 5.74) is -0.489.